The maximum absolute atomic E-state index is 13.3. The van der Waals surface area contributed by atoms with Gasteiger partial charge in [0.25, 0.3) is 5.91 Å². The molecule has 0 N–H and O–H groups in total. The topological polar surface area (TPSA) is 20.3 Å². The van der Waals surface area contributed by atoms with E-state index in [9.17, 15) is 4.79 Å². The van der Waals surface area contributed by atoms with Crippen LogP contribution < -0.4 is 0 Å². The van der Waals surface area contributed by atoms with E-state index in [0.29, 0.717) is 16.1 Å². The molecule has 0 aromatic heterocycles. The highest BCUT2D eigenvalue weighted by Crippen LogP contribution is 2.40. The second kappa shape index (κ2) is 7.01. The van der Waals surface area contributed by atoms with Gasteiger partial charge in [-0.3, -0.25) is 4.79 Å². The predicted molar refractivity (Wildman–Crippen MR) is 102 cm³/mol. The molecule has 1 fully saturated rings. The molecule has 25 heavy (non-hydrogen) atoms. The van der Waals surface area contributed by atoms with Crippen molar-refractivity contribution in [1.29, 1.82) is 0 Å². The number of nitrogens with zero attached hydrogens (tertiary/aromatic N) is 1. The van der Waals surface area contributed by atoms with Gasteiger partial charge < -0.3 is 4.90 Å². The minimum absolute atomic E-state index is 0.0183. The van der Waals surface area contributed by atoms with Gasteiger partial charge in [0.1, 0.15) is 0 Å². The Hall–Kier alpha value is -1.51. The lowest BCUT2D eigenvalue weighted by Crippen LogP contribution is -2.47. The van der Waals surface area contributed by atoms with Crippen molar-refractivity contribution >= 4 is 29.1 Å². The summed E-state index contributed by atoms with van der Waals surface area (Å²) in [6.07, 6.45) is 6.61. The molecule has 0 bridgehead atoms. The summed E-state index contributed by atoms with van der Waals surface area (Å²) in [7, 11) is 0. The number of amides is 1. The Kier molecular flexibility index (Phi) is 4.75. The van der Waals surface area contributed by atoms with Gasteiger partial charge in [-0.25, -0.2) is 0 Å². The normalized spacial score (nSPS) is 21.3. The first-order valence-corrected chi connectivity index (χ1v) is 9.76. The van der Waals surface area contributed by atoms with Gasteiger partial charge >= 0.3 is 0 Å². The number of rotatable bonds is 2. The van der Waals surface area contributed by atoms with Crippen LogP contribution in [-0.2, 0) is 6.42 Å². The highest BCUT2D eigenvalue weighted by atomic mass is 35.5. The molecule has 2 aliphatic rings. The second-order valence-electron chi connectivity index (χ2n) is 7.05. The van der Waals surface area contributed by atoms with Gasteiger partial charge in [-0.05, 0) is 48.6 Å². The van der Waals surface area contributed by atoms with Crippen LogP contribution in [0.1, 0.15) is 59.6 Å². The van der Waals surface area contributed by atoms with E-state index in [1.54, 1.807) is 6.07 Å². The molecule has 4 heteroatoms. The van der Waals surface area contributed by atoms with E-state index in [0.717, 1.165) is 36.0 Å². The molecule has 1 aliphatic carbocycles. The molecule has 1 amide bonds. The van der Waals surface area contributed by atoms with E-state index in [1.165, 1.54) is 19.3 Å². The fourth-order valence-electron chi connectivity index (χ4n) is 4.31. The van der Waals surface area contributed by atoms with Crippen molar-refractivity contribution in [2.24, 2.45) is 0 Å². The zero-order chi connectivity index (χ0) is 17.4. The maximum Gasteiger partial charge on any atom is 0.254 e. The summed E-state index contributed by atoms with van der Waals surface area (Å²) in [5, 5.41) is 1.27. The molecule has 0 unspecified atom stereocenters. The first kappa shape index (κ1) is 16.9. The lowest BCUT2D eigenvalue weighted by atomic mass is 9.85. The molecule has 1 aliphatic heterocycles. The van der Waals surface area contributed by atoms with Crippen molar-refractivity contribution in [2.75, 3.05) is 0 Å². The van der Waals surface area contributed by atoms with Crippen LogP contribution in [0.25, 0.3) is 0 Å². The molecule has 1 saturated carbocycles. The van der Waals surface area contributed by atoms with Crippen LogP contribution in [0.15, 0.2) is 42.5 Å². The molecule has 130 valence electrons. The largest absolute Gasteiger partial charge is 0.328 e. The van der Waals surface area contributed by atoms with Gasteiger partial charge in [0, 0.05) is 21.7 Å². The number of halogens is 2. The molecule has 2 aromatic carbocycles. The highest BCUT2D eigenvalue weighted by molar-refractivity contribution is 6.35. The van der Waals surface area contributed by atoms with Crippen molar-refractivity contribution in [3.05, 3.63) is 69.2 Å². The molecule has 1 atom stereocenters. The van der Waals surface area contributed by atoms with Crippen LogP contribution in [0.4, 0.5) is 0 Å². The summed E-state index contributed by atoms with van der Waals surface area (Å²) in [5.41, 5.74) is 2.95. The summed E-state index contributed by atoms with van der Waals surface area (Å²) in [4.78, 5) is 15.4. The summed E-state index contributed by atoms with van der Waals surface area (Å²) in [6.45, 7) is 0. The van der Waals surface area contributed by atoms with E-state index >= 15 is 0 Å². The minimum Gasteiger partial charge on any atom is -0.328 e. The van der Waals surface area contributed by atoms with Crippen molar-refractivity contribution in [3.8, 4) is 0 Å². The van der Waals surface area contributed by atoms with Crippen molar-refractivity contribution < 1.29 is 4.79 Å². The molecular formula is C21H21Cl2NO. The zero-order valence-corrected chi connectivity index (χ0v) is 15.6. The van der Waals surface area contributed by atoms with Gasteiger partial charge in [-0.2, -0.15) is 0 Å². The smallest absolute Gasteiger partial charge is 0.254 e. The average Bonchev–Trinajstić information content (AvgIpc) is 2.62. The molecular weight excluding hydrogens is 353 g/mol. The lowest BCUT2D eigenvalue weighted by Gasteiger charge is -2.43. The third-order valence-electron chi connectivity index (χ3n) is 5.52. The van der Waals surface area contributed by atoms with E-state index in [2.05, 4.69) is 11.0 Å². The van der Waals surface area contributed by atoms with Crippen molar-refractivity contribution in [2.45, 2.75) is 50.6 Å². The molecule has 0 spiro atoms. The summed E-state index contributed by atoms with van der Waals surface area (Å²) < 4.78 is 0. The maximum atomic E-state index is 13.3. The fraction of sp³-hybridized carbons (Fsp3) is 0.381. The number of hydrogen-bond donors (Lipinski definition) is 0. The Bertz CT molecular complexity index is 798. The SMILES string of the molecule is O=C1c2ccccc2C[C@H](c2ccc(Cl)cc2Cl)N1C1CCCCC1. The number of benzene rings is 2. The molecule has 4 rings (SSSR count). The Morgan fingerprint density at radius 2 is 1.72 bits per heavy atom. The number of fused-ring (bicyclic) bond motifs is 1. The van der Waals surface area contributed by atoms with Crippen LogP contribution in [0.5, 0.6) is 0 Å². The standard InChI is InChI=1S/C21H21Cl2NO/c22-15-10-11-18(19(23)13-15)20-12-14-6-4-5-9-17(14)21(25)24(20)16-7-2-1-3-8-16/h4-6,9-11,13,16,20H,1-3,7-8,12H2/t20-/m1/s1. The van der Waals surface area contributed by atoms with Gasteiger partial charge in [0.2, 0.25) is 0 Å². The average molecular weight is 374 g/mol. The van der Waals surface area contributed by atoms with Crippen LogP contribution in [-0.4, -0.2) is 16.8 Å². The summed E-state index contributed by atoms with van der Waals surface area (Å²) in [6, 6.07) is 13.9. The quantitative estimate of drug-likeness (QED) is 0.625. The summed E-state index contributed by atoms with van der Waals surface area (Å²) in [5.74, 6) is 0.143. The monoisotopic (exact) mass is 373 g/mol. The first-order chi connectivity index (χ1) is 12.1. The van der Waals surface area contributed by atoms with Gasteiger partial charge in [-0.1, -0.05) is 66.7 Å². The number of carbonyl (C=O) groups excluding carboxylic acids is 1. The van der Waals surface area contributed by atoms with E-state index in [-0.39, 0.29) is 11.9 Å². The molecule has 2 aromatic rings. The van der Waals surface area contributed by atoms with Gasteiger partial charge in [0.05, 0.1) is 6.04 Å². The second-order valence-corrected chi connectivity index (χ2v) is 7.89. The Labute approximate surface area is 158 Å². The van der Waals surface area contributed by atoms with Crippen LogP contribution in [0.2, 0.25) is 10.0 Å². The van der Waals surface area contributed by atoms with Crippen LogP contribution in [0, 0.1) is 0 Å². The molecule has 2 nitrogen and oxygen atoms in total. The number of hydrogen-bond acceptors (Lipinski definition) is 1. The summed E-state index contributed by atoms with van der Waals surface area (Å²) >= 11 is 12.6. The number of carbonyl (C=O) groups is 1. The molecule has 0 radical (unpaired) electrons. The van der Waals surface area contributed by atoms with Crippen molar-refractivity contribution in [3.63, 3.8) is 0 Å². The third-order valence-corrected chi connectivity index (χ3v) is 6.08. The van der Waals surface area contributed by atoms with Gasteiger partial charge in [-0.15, -0.1) is 0 Å². The van der Waals surface area contributed by atoms with Crippen molar-refractivity contribution in [1.82, 2.24) is 4.90 Å². The van der Waals surface area contributed by atoms with E-state index in [1.807, 2.05) is 30.3 Å². The highest BCUT2D eigenvalue weighted by Gasteiger charge is 2.38. The Morgan fingerprint density at radius 1 is 0.960 bits per heavy atom. The van der Waals surface area contributed by atoms with Crippen LogP contribution >= 0.6 is 23.2 Å². The fourth-order valence-corrected chi connectivity index (χ4v) is 4.84. The van der Waals surface area contributed by atoms with Crippen LogP contribution in [0.3, 0.4) is 0 Å². The first-order valence-electron chi connectivity index (χ1n) is 9.00. The lowest BCUT2D eigenvalue weighted by molar-refractivity contribution is 0.0473. The van der Waals surface area contributed by atoms with E-state index in [4.69, 9.17) is 23.2 Å². The zero-order valence-electron chi connectivity index (χ0n) is 14.1. The molecule has 1 heterocycles. The predicted octanol–water partition coefficient (Wildman–Crippen LogP) is 6.07. The van der Waals surface area contributed by atoms with E-state index < -0.39 is 0 Å². The Balaban J connectivity index is 1.79. The Morgan fingerprint density at radius 3 is 2.48 bits per heavy atom. The molecule has 0 saturated heterocycles. The third kappa shape index (κ3) is 3.18. The van der Waals surface area contributed by atoms with Gasteiger partial charge in [0.15, 0.2) is 0 Å². The minimum atomic E-state index is -0.0183.